The molecular weight excluding hydrogens is 440 g/mol. The van der Waals surface area contributed by atoms with Gasteiger partial charge in [-0.1, -0.05) is 16.9 Å². The van der Waals surface area contributed by atoms with Crippen LogP contribution in [-0.2, 0) is 16.6 Å². The van der Waals surface area contributed by atoms with E-state index in [1.165, 1.54) is 23.5 Å². The number of rotatable bonds is 6. The van der Waals surface area contributed by atoms with E-state index in [1.54, 1.807) is 22.8 Å². The molecule has 4 N–H and O–H groups in total. The lowest BCUT2D eigenvalue weighted by Crippen LogP contribution is -2.69. The zero-order valence-electron chi connectivity index (χ0n) is 14.8. The molecule has 2 aliphatic heterocycles. The Labute approximate surface area is 176 Å². The van der Waals surface area contributed by atoms with Crippen molar-refractivity contribution in [1.82, 2.24) is 39.8 Å². The summed E-state index contributed by atoms with van der Waals surface area (Å²) in [4.78, 5) is 30.3. The van der Waals surface area contributed by atoms with Crippen molar-refractivity contribution >= 4 is 57.7 Å². The summed E-state index contributed by atoms with van der Waals surface area (Å²) in [6.45, 7) is 0. The number of hydrogen-bond acceptors (Lipinski definition) is 13. The Morgan fingerprint density at radius 3 is 3.03 bits per heavy atom. The molecule has 0 bridgehead atoms. The van der Waals surface area contributed by atoms with Crippen LogP contribution in [0.25, 0.3) is 0 Å². The van der Waals surface area contributed by atoms with Gasteiger partial charge in [0.2, 0.25) is 16.7 Å². The van der Waals surface area contributed by atoms with Crippen LogP contribution in [0.2, 0.25) is 0 Å². The van der Waals surface area contributed by atoms with E-state index >= 15 is 0 Å². The van der Waals surface area contributed by atoms with Crippen molar-refractivity contribution in [2.75, 3.05) is 17.2 Å². The van der Waals surface area contributed by atoms with Crippen molar-refractivity contribution in [3.05, 3.63) is 17.6 Å². The van der Waals surface area contributed by atoms with Crippen molar-refractivity contribution in [2.24, 2.45) is 12.2 Å². The molecule has 0 aromatic carbocycles. The fourth-order valence-corrected chi connectivity index (χ4v) is 5.31. The van der Waals surface area contributed by atoms with Crippen LogP contribution in [-0.4, -0.2) is 80.1 Å². The molecule has 2 atom stereocenters. The number of nitrogens with one attached hydrogen (secondary N) is 1. The van der Waals surface area contributed by atoms with E-state index in [-0.39, 0.29) is 22.2 Å². The van der Waals surface area contributed by atoms with Gasteiger partial charge in [0.05, 0.1) is 0 Å². The van der Waals surface area contributed by atoms with Crippen LogP contribution in [0, 0.1) is 0 Å². The lowest BCUT2D eigenvalue weighted by atomic mass is 10.1. The minimum Gasteiger partial charge on any atom is -0.410 e. The molecule has 2 amide bonds. The topological polar surface area (TPSA) is 177 Å². The van der Waals surface area contributed by atoms with Gasteiger partial charge in [-0.15, -0.1) is 16.9 Å². The van der Waals surface area contributed by atoms with Crippen LogP contribution in [0.5, 0.6) is 0 Å². The second-order valence-corrected chi connectivity index (χ2v) is 8.80. The predicted octanol–water partition coefficient (Wildman–Crippen LogP) is -1.10. The standard InChI is InChI=1S/C13H14N10O3S3/c1-22-13(17-20-21-22)28-4-5-2-23-10(25)7(11(23)27-3-5)15-9(24)6(18-26)8-16-12(14)29-19-8/h2,7,11,26H,3-4H2,1H3,(H,15,24)(H2,14,16,19)/t7?,11-/m1/s1. The number of hydrogen-bond donors (Lipinski definition) is 3. The Hall–Kier alpha value is -2.72. The molecule has 29 heavy (non-hydrogen) atoms. The van der Waals surface area contributed by atoms with Crippen LogP contribution >= 0.6 is 35.1 Å². The molecule has 4 rings (SSSR count). The molecule has 2 aliphatic rings. The first-order chi connectivity index (χ1) is 14.0. The minimum atomic E-state index is -0.746. The van der Waals surface area contributed by atoms with Crippen LogP contribution < -0.4 is 11.1 Å². The number of nitrogens with zero attached hydrogens (tertiary/aromatic N) is 8. The number of oxime groups is 1. The smallest absolute Gasteiger partial charge is 0.278 e. The van der Waals surface area contributed by atoms with E-state index in [9.17, 15) is 9.59 Å². The molecule has 0 radical (unpaired) electrons. The van der Waals surface area contributed by atoms with E-state index in [1.807, 2.05) is 0 Å². The van der Waals surface area contributed by atoms with Crippen LogP contribution in [0.15, 0.2) is 22.1 Å². The minimum absolute atomic E-state index is 0.0927. The third-order valence-electron chi connectivity index (χ3n) is 4.06. The normalized spacial score (nSPS) is 21.4. The molecule has 4 heterocycles. The molecule has 0 spiro atoms. The van der Waals surface area contributed by atoms with Gasteiger partial charge in [-0.25, -0.2) is 4.68 Å². The van der Waals surface area contributed by atoms with Gasteiger partial charge in [0, 0.05) is 36.3 Å². The van der Waals surface area contributed by atoms with Crippen molar-refractivity contribution in [3.8, 4) is 0 Å². The fraction of sp³-hybridized carbons (Fsp3) is 0.385. The Morgan fingerprint density at radius 1 is 1.55 bits per heavy atom. The van der Waals surface area contributed by atoms with Gasteiger partial charge in [-0.3, -0.25) is 9.59 Å². The number of amides is 2. The molecule has 13 nitrogen and oxygen atoms in total. The molecule has 0 aliphatic carbocycles. The van der Waals surface area contributed by atoms with E-state index in [4.69, 9.17) is 10.9 Å². The highest BCUT2D eigenvalue weighted by atomic mass is 32.2. The summed E-state index contributed by atoms with van der Waals surface area (Å²) in [5.41, 5.74) is 6.15. The number of anilines is 1. The van der Waals surface area contributed by atoms with E-state index in [0.29, 0.717) is 16.7 Å². The third-order valence-corrected chi connectivity index (χ3v) is 7.10. The average Bonchev–Trinajstić information content (AvgIpc) is 3.32. The maximum Gasteiger partial charge on any atom is 0.278 e. The zero-order valence-corrected chi connectivity index (χ0v) is 17.2. The summed E-state index contributed by atoms with van der Waals surface area (Å²) in [6.07, 6.45) is 1.80. The quantitative estimate of drug-likeness (QED) is 0.159. The van der Waals surface area contributed by atoms with Gasteiger partial charge in [0.15, 0.2) is 5.13 Å². The molecule has 1 fully saturated rings. The number of tetrazole rings is 1. The van der Waals surface area contributed by atoms with Crippen LogP contribution in [0.3, 0.4) is 0 Å². The van der Waals surface area contributed by atoms with Gasteiger partial charge in [-0.05, 0) is 16.0 Å². The first kappa shape index (κ1) is 19.6. The molecular formula is C13H14N10O3S3. The summed E-state index contributed by atoms with van der Waals surface area (Å²) < 4.78 is 5.42. The number of β-lactam (4-membered cyclic amide) rings is 1. The number of aryl methyl sites for hydroxylation is 1. The number of fused-ring (bicyclic) bond motifs is 1. The highest BCUT2D eigenvalue weighted by Gasteiger charge is 2.49. The van der Waals surface area contributed by atoms with Gasteiger partial charge in [0.25, 0.3) is 11.8 Å². The summed E-state index contributed by atoms with van der Waals surface area (Å²) in [5.74, 6) is 0.257. The summed E-state index contributed by atoms with van der Waals surface area (Å²) >= 11 is 3.88. The number of nitrogens with two attached hydrogens (primary N) is 1. The summed E-state index contributed by atoms with van der Waals surface area (Å²) in [5, 5.41) is 26.5. The number of nitrogen functional groups attached to an aromatic ring is 1. The van der Waals surface area contributed by atoms with Crippen molar-refractivity contribution in [1.29, 1.82) is 0 Å². The second kappa shape index (κ2) is 7.96. The molecule has 2 aromatic heterocycles. The maximum atomic E-state index is 12.5. The number of thioether (sulfide) groups is 2. The first-order valence-corrected chi connectivity index (χ1v) is 10.9. The SMILES string of the molecule is Cn1nnnc1SCC1=CN2C(=O)C(NC(=O)C(=NO)c3nsc(N)n3)[C@H]2SC1. The molecule has 152 valence electrons. The van der Waals surface area contributed by atoms with Crippen molar-refractivity contribution < 1.29 is 14.8 Å². The van der Waals surface area contributed by atoms with Gasteiger partial charge in [-0.2, -0.15) is 9.36 Å². The summed E-state index contributed by atoms with van der Waals surface area (Å²) in [7, 11) is 1.76. The van der Waals surface area contributed by atoms with Gasteiger partial charge in [0.1, 0.15) is 11.4 Å². The van der Waals surface area contributed by atoms with Crippen molar-refractivity contribution in [2.45, 2.75) is 16.6 Å². The van der Waals surface area contributed by atoms with E-state index in [0.717, 1.165) is 17.1 Å². The molecule has 1 saturated heterocycles. The molecule has 1 unspecified atom stereocenters. The number of carbonyl (C=O) groups is 2. The number of aromatic nitrogens is 6. The maximum absolute atomic E-state index is 12.5. The van der Waals surface area contributed by atoms with Gasteiger partial charge < -0.3 is 21.2 Å². The predicted molar refractivity (Wildman–Crippen MR) is 105 cm³/mol. The van der Waals surface area contributed by atoms with Crippen LogP contribution in [0.1, 0.15) is 5.82 Å². The monoisotopic (exact) mass is 454 g/mol. The largest absolute Gasteiger partial charge is 0.410 e. The fourth-order valence-electron chi connectivity index (χ4n) is 2.67. The average molecular weight is 455 g/mol. The Balaban J connectivity index is 1.37. The second-order valence-electron chi connectivity index (χ2n) is 5.96. The highest BCUT2D eigenvalue weighted by Crippen LogP contribution is 2.37. The Kier molecular flexibility index (Phi) is 5.37. The summed E-state index contributed by atoms with van der Waals surface area (Å²) in [6, 6.07) is -0.728. The lowest BCUT2D eigenvalue weighted by Gasteiger charge is -2.47. The van der Waals surface area contributed by atoms with Crippen LogP contribution in [0.4, 0.5) is 5.13 Å². The Bertz CT molecular complexity index is 1020. The third kappa shape index (κ3) is 3.77. The van der Waals surface area contributed by atoms with E-state index in [2.05, 4.69) is 35.4 Å². The molecule has 16 heteroatoms. The molecule has 2 aromatic rings. The first-order valence-electron chi connectivity index (χ1n) is 8.09. The Morgan fingerprint density at radius 2 is 2.38 bits per heavy atom. The van der Waals surface area contributed by atoms with Crippen molar-refractivity contribution in [3.63, 3.8) is 0 Å². The number of carbonyl (C=O) groups excluding carboxylic acids is 2. The zero-order chi connectivity index (χ0) is 20.5. The highest BCUT2D eigenvalue weighted by molar-refractivity contribution is 8.01. The molecule has 0 saturated carbocycles. The lowest BCUT2D eigenvalue weighted by molar-refractivity contribution is -0.143. The van der Waals surface area contributed by atoms with Gasteiger partial charge >= 0.3 is 0 Å². The van der Waals surface area contributed by atoms with E-state index < -0.39 is 17.7 Å².